The fourth-order valence-corrected chi connectivity index (χ4v) is 2.29. The van der Waals surface area contributed by atoms with Gasteiger partial charge in [0, 0.05) is 13.0 Å². The van der Waals surface area contributed by atoms with Crippen molar-refractivity contribution < 1.29 is 13.2 Å². The van der Waals surface area contributed by atoms with Crippen LogP contribution in [0.2, 0.25) is 0 Å². The van der Waals surface area contributed by atoms with Crippen LogP contribution in [0.5, 0.6) is 5.75 Å². The molecule has 0 spiro atoms. The monoisotopic (exact) mass is 254 g/mol. The third kappa shape index (κ3) is 4.06. The molecule has 92 valence electrons. The maximum absolute atomic E-state index is 11.8. The van der Waals surface area contributed by atoms with Gasteiger partial charge in [-0.3, -0.25) is 0 Å². The van der Waals surface area contributed by atoms with Crippen LogP contribution in [-0.4, -0.2) is 22.1 Å². The molecule has 0 aliphatic carbocycles. The lowest BCUT2D eigenvalue weighted by Crippen LogP contribution is -2.24. The number of unbranched alkanes of at least 4 members (excludes halogenated alkanes) is 1. The molecule has 0 aliphatic heterocycles. The minimum absolute atomic E-state index is 0.190. The number of nitrogens with zero attached hydrogens (tertiary/aromatic N) is 1. The van der Waals surface area contributed by atoms with E-state index < -0.39 is 10.0 Å². The molecule has 0 amide bonds. The Kier molecular flexibility index (Phi) is 4.94. The Labute approximate surface area is 101 Å². The van der Waals surface area contributed by atoms with Gasteiger partial charge in [0.15, 0.2) is 0 Å². The van der Waals surface area contributed by atoms with E-state index in [9.17, 15) is 8.42 Å². The molecule has 0 saturated carbocycles. The zero-order valence-corrected chi connectivity index (χ0v) is 10.3. The molecule has 17 heavy (non-hydrogen) atoms. The van der Waals surface area contributed by atoms with E-state index in [1.165, 1.54) is 19.2 Å². The van der Waals surface area contributed by atoms with Crippen molar-refractivity contribution in [3.05, 3.63) is 24.3 Å². The van der Waals surface area contributed by atoms with Crippen LogP contribution in [0.25, 0.3) is 0 Å². The number of methoxy groups -OCH3 is 1. The lowest BCUT2D eigenvalue weighted by atomic mass is 10.3. The van der Waals surface area contributed by atoms with Crippen molar-refractivity contribution in [1.29, 1.82) is 5.26 Å². The summed E-state index contributed by atoms with van der Waals surface area (Å²) in [6.07, 6.45) is 0.844. The molecule has 0 aromatic heterocycles. The van der Waals surface area contributed by atoms with Gasteiger partial charge < -0.3 is 4.74 Å². The predicted octanol–water partition coefficient (Wildman–Crippen LogP) is 1.28. The van der Waals surface area contributed by atoms with Crippen molar-refractivity contribution in [1.82, 2.24) is 4.72 Å². The van der Waals surface area contributed by atoms with Crippen molar-refractivity contribution in [3.8, 4) is 11.8 Å². The van der Waals surface area contributed by atoms with E-state index in [0.717, 1.165) is 0 Å². The van der Waals surface area contributed by atoms with Crippen LogP contribution < -0.4 is 9.46 Å². The predicted molar refractivity (Wildman–Crippen MR) is 63.0 cm³/mol. The van der Waals surface area contributed by atoms with Crippen LogP contribution in [0, 0.1) is 11.3 Å². The van der Waals surface area contributed by atoms with Crippen molar-refractivity contribution in [2.75, 3.05) is 13.7 Å². The lowest BCUT2D eigenvalue weighted by Gasteiger charge is -2.06. The van der Waals surface area contributed by atoms with Gasteiger partial charge in [0.25, 0.3) is 0 Å². The maximum Gasteiger partial charge on any atom is 0.240 e. The van der Waals surface area contributed by atoms with Crippen LogP contribution in [-0.2, 0) is 10.0 Å². The summed E-state index contributed by atoms with van der Waals surface area (Å²) >= 11 is 0. The molecule has 6 heteroatoms. The standard InChI is InChI=1S/C11H14N2O3S/c1-16-10-4-6-11(7-5-10)17(14,15)13-9-3-2-8-12/h4-7,13H,2-3,9H2,1H3. The van der Waals surface area contributed by atoms with Crippen molar-refractivity contribution in [2.45, 2.75) is 17.7 Å². The minimum Gasteiger partial charge on any atom is -0.497 e. The van der Waals surface area contributed by atoms with E-state index in [2.05, 4.69) is 4.72 Å². The molecule has 0 aliphatic rings. The molecule has 0 fully saturated rings. The third-order valence-corrected chi connectivity index (χ3v) is 3.60. The quantitative estimate of drug-likeness (QED) is 0.775. The minimum atomic E-state index is -3.48. The molecule has 1 aromatic carbocycles. The summed E-state index contributed by atoms with van der Waals surface area (Å²) in [7, 11) is -1.96. The highest BCUT2D eigenvalue weighted by Crippen LogP contribution is 2.15. The summed E-state index contributed by atoms with van der Waals surface area (Å²) in [5, 5.41) is 8.33. The average molecular weight is 254 g/mol. The molecule has 0 radical (unpaired) electrons. The van der Waals surface area contributed by atoms with E-state index >= 15 is 0 Å². The van der Waals surface area contributed by atoms with Gasteiger partial charge in [-0.1, -0.05) is 0 Å². The normalized spacial score (nSPS) is 10.8. The number of hydrogen-bond donors (Lipinski definition) is 1. The maximum atomic E-state index is 11.8. The fourth-order valence-electron chi connectivity index (χ4n) is 1.21. The molecule has 1 N–H and O–H groups in total. The molecule has 0 bridgehead atoms. The van der Waals surface area contributed by atoms with Gasteiger partial charge in [-0.25, -0.2) is 13.1 Å². The highest BCUT2D eigenvalue weighted by atomic mass is 32.2. The van der Waals surface area contributed by atoms with Crippen LogP contribution in [0.4, 0.5) is 0 Å². The number of ether oxygens (including phenoxy) is 1. The van der Waals surface area contributed by atoms with Crippen LogP contribution in [0.15, 0.2) is 29.2 Å². The van der Waals surface area contributed by atoms with Gasteiger partial charge in [-0.05, 0) is 30.7 Å². The molecule has 1 aromatic rings. The number of hydrogen-bond acceptors (Lipinski definition) is 4. The molecule has 0 saturated heterocycles. The Morgan fingerprint density at radius 2 is 2.00 bits per heavy atom. The summed E-state index contributed by atoms with van der Waals surface area (Å²) in [5.74, 6) is 0.605. The van der Waals surface area contributed by atoms with Crippen LogP contribution in [0.1, 0.15) is 12.8 Å². The average Bonchev–Trinajstić information content (AvgIpc) is 2.35. The molecule has 5 nitrogen and oxygen atoms in total. The summed E-state index contributed by atoms with van der Waals surface area (Å²) in [4.78, 5) is 0.190. The first-order valence-electron chi connectivity index (χ1n) is 5.11. The molecule has 0 heterocycles. The zero-order valence-electron chi connectivity index (χ0n) is 9.51. The second kappa shape index (κ2) is 6.23. The first-order chi connectivity index (χ1) is 8.10. The van der Waals surface area contributed by atoms with E-state index in [0.29, 0.717) is 18.6 Å². The third-order valence-electron chi connectivity index (χ3n) is 2.13. The molecular formula is C11H14N2O3S. The summed E-state index contributed by atoms with van der Waals surface area (Å²) < 4.78 is 30.9. The van der Waals surface area contributed by atoms with E-state index in [-0.39, 0.29) is 11.4 Å². The van der Waals surface area contributed by atoms with Crippen molar-refractivity contribution in [3.63, 3.8) is 0 Å². The topological polar surface area (TPSA) is 79.2 Å². The highest BCUT2D eigenvalue weighted by Gasteiger charge is 2.12. The highest BCUT2D eigenvalue weighted by molar-refractivity contribution is 7.89. The van der Waals surface area contributed by atoms with E-state index in [1.54, 1.807) is 12.1 Å². The van der Waals surface area contributed by atoms with Gasteiger partial charge in [0.1, 0.15) is 5.75 Å². The van der Waals surface area contributed by atoms with Gasteiger partial charge in [-0.2, -0.15) is 5.26 Å². The first kappa shape index (κ1) is 13.5. The second-order valence-corrected chi connectivity index (χ2v) is 5.10. The van der Waals surface area contributed by atoms with Gasteiger partial charge in [-0.15, -0.1) is 0 Å². The van der Waals surface area contributed by atoms with Crippen molar-refractivity contribution >= 4 is 10.0 Å². The number of benzene rings is 1. The summed E-state index contributed by atoms with van der Waals surface area (Å²) in [6.45, 7) is 0.266. The lowest BCUT2D eigenvalue weighted by molar-refractivity contribution is 0.414. The Bertz CT molecular complexity index is 488. The van der Waals surface area contributed by atoms with Crippen LogP contribution >= 0.6 is 0 Å². The summed E-state index contributed by atoms with van der Waals surface area (Å²) in [5.41, 5.74) is 0. The molecule has 1 rings (SSSR count). The molecular weight excluding hydrogens is 240 g/mol. The second-order valence-electron chi connectivity index (χ2n) is 3.33. The fraction of sp³-hybridized carbons (Fsp3) is 0.364. The largest absolute Gasteiger partial charge is 0.497 e. The van der Waals surface area contributed by atoms with Crippen LogP contribution in [0.3, 0.4) is 0 Å². The smallest absolute Gasteiger partial charge is 0.240 e. The zero-order chi connectivity index (χ0) is 12.7. The Morgan fingerprint density at radius 1 is 1.35 bits per heavy atom. The van der Waals surface area contributed by atoms with Gasteiger partial charge >= 0.3 is 0 Å². The molecule has 0 atom stereocenters. The number of nitrogens with one attached hydrogen (secondary N) is 1. The van der Waals surface area contributed by atoms with Crippen molar-refractivity contribution in [2.24, 2.45) is 0 Å². The number of nitriles is 1. The SMILES string of the molecule is COc1ccc(S(=O)(=O)NCCCC#N)cc1. The van der Waals surface area contributed by atoms with Gasteiger partial charge in [0.05, 0.1) is 18.1 Å². The Balaban J connectivity index is 2.66. The van der Waals surface area contributed by atoms with Gasteiger partial charge in [0.2, 0.25) is 10.0 Å². The Hall–Kier alpha value is -1.58. The van der Waals surface area contributed by atoms with E-state index in [4.69, 9.17) is 10.00 Å². The summed E-state index contributed by atoms with van der Waals surface area (Å²) in [6, 6.07) is 8.09. The van der Waals surface area contributed by atoms with E-state index in [1.807, 2.05) is 6.07 Å². The molecule has 0 unspecified atom stereocenters. The number of rotatable bonds is 6. The Morgan fingerprint density at radius 3 is 2.53 bits per heavy atom. The number of sulfonamides is 1. The first-order valence-corrected chi connectivity index (χ1v) is 6.59.